The van der Waals surface area contributed by atoms with Gasteiger partial charge in [0.05, 0.1) is 29.3 Å². The Kier molecular flexibility index (Phi) is 10.8. The summed E-state index contributed by atoms with van der Waals surface area (Å²) in [5.41, 5.74) is 1.69. The number of imidazole rings is 1. The Balaban J connectivity index is 0.000000559. The minimum absolute atomic E-state index is 0.0660. The van der Waals surface area contributed by atoms with Crippen molar-refractivity contribution in [1.82, 2.24) is 20.2 Å². The zero-order valence-corrected chi connectivity index (χ0v) is 22.5. The van der Waals surface area contributed by atoms with Gasteiger partial charge < -0.3 is 24.9 Å². The summed E-state index contributed by atoms with van der Waals surface area (Å²) in [4.78, 5) is 30.7. The summed E-state index contributed by atoms with van der Waals surface area (Å²) >= 11 is 12.3. The predicted molar refractivity (Wildman–Crippen MR) is 140 cm³/mol. The van der Waals surface area contributed by atoms with Gasteiger partial charge in [0.1, 0.15) is 17.7 Å². The number of ether oxygens (including phenoxy) is 2. The number of morpholine rings is 1. The minimum Gasteiger partial charge on any atom is -0.486 e. The average molecular weight is 610 g/mol. The summed E-state index contributed by atoms with van der Waals surface area (Å²) in [6, 6.07) is 7.53. The molecular formula is C24H25Cl2F4N5O5. The molecule has 4 rings (SSSR count). The van der Waals surface area contributed by atoms with Gasteiger partial charge in [0.15, 0.2) is 0 Å². The molecule has 16 heteroatoms. The Morgan fingerprint density at radius 3 is 2.55 bits per heavy atom. The molecule has 4 N–H and O–H groups in total. The number of aliphatic carboxylic acids is 1. The Morgan fingerprint density at radius 1 is 1.23 bits per heavy atom. The second-order valence-corrected chi connectivity index (χ2v) is 9.20. The standard InChI is InChI=1S/C22H24Cl2FN5O3.C2HF3O2/c1-13(19-15(23)3-4-16(25)20(19)24)33-14-2-5-17-18(12-14)28-21(27-17)29-22(31)26-6-7-30-8-10-32-11-9-30;3-2(4,5)1(6)7/h2-5,12-13H,6-11H2,1H3,(H3,26,27,28,29,31);(H,6,7). The number of aromatic amines is 1. The normalized spacial score (nSPS) is 14.7. The minimum atomic E-state index is -5.08. The number of carboxylic acid groups (broad SMARTS) is 1. The molecule has 1 aliphatic rings. The van der Waals surface area contributed by atoms with Crippen LogP contribution in [0.25, 0.3) is 11.0 Å². The van der Waals surface area contributed by atoms with Gasteiger partial charge in [0.2, 0.25) is 5.95 Å². The van der Waals surface area contributed by atoms with Crippen molar-refractivity contribution in [2.24, 2.45) is 0 Å². The molecule has 0 radical (unpaired) electrons. The molecule has 0 aliphatic carbocycles. The first-order valence-corrected chi connectivity index (χ1v) is 12.6. The van der Waals surface area contributed by atoms with Crippen molar-refractivity contribution in [3.8, 4) is 5.75 Å². The maximum atomic E-state index is 13.8. The molecule has 3 aromatic rings. The predicted octanol–water partition coefficient (Wildman–Crippen LogP) is 5.24. The molecule has 1 aromatic heterocycles. The molecule has 10 nitrogen and oxygen atoms in total. The molecule has 218 valence electrons. The van der Waals surface area contributed by atoms with Crippen molar-refractivity contribution >= 4 is 52.2 Å². The smallest absolute Gasteiger partial charge is 0.486 e. The lowest BCUT2D eigenvalue weighted by Crippen LogP contribution is -2.42. The number of carboxylic acids is 1. The number of anilines is 1. The van der Waals surface area contributed by atoms with Gasteiger partial charge in [0, 0.05) is 42.8 Å². The monoisotopic (exact) mass is 609 g/mol. The van der Waals surface area contributed by atoms with E-state index in [9.17, 15) is 22.4 Å². The molecule has 2 aromatic carbocycles. The average Bonchev–Trinajstić information content (AvgIpc) is 3.28. The third-order valence-corrected chi connectivity index (χ3v) is 6.26. The number of nitrogens with one attached hydrogen (secondary N) is 3. The number of aromatic nitrogens is 2. The molecule has 1 atom stereocenters. The van der Waals surface area contributed by atoms with Gasteiger partial charge >= 0.3 is 18.2 Å². The molecule has 1 aliphatic heterocycles. The van der Waals surface area contributed by atoms with Crippen molar-refractivity contribution in [3.63, 3.8) is 0 Å². The number of halogens is 6. The quantitative estimate of drug-likeness (QED) is 0.213. The van der Waals surface area contributed by atoms with E-state index in [4.69, 9.17) is 42.6 Å². The highest BCUT2D eigenvalue weighted by Gasteiger charge is 2.38. The van der Waals surface area contributed by atoms with E-state index in [0.29, 0.717) is 39.9 Å². The van der Waals surface area contributed by atoms with E-state index in [1.807, 2.05) is 0 Å². The lowest BCUT2D eigenvalue weighted by Gasteiger charge is -2.26. The molecule has 2 heterocycles. The number of nitrogens with zero attached hydrogens (tertiary/aromatic N) is 2. The van der Waals surface area contributed by atoms with Crippen LogP contribution in [0, 0.1) is 5.82 Å². The van der Waals surface area contributed by atoms with Crippen LogP contribution in [-0.2, 0) is 9.53 Å². The van der Waals surface area contributed by atoms with Crippen LogP contribution in [-0.4, -0.2) is 77.5 Å². The van der Waals surface area contributed by atoms with Crippen molar-refractivity contribution < 1.29 is 41.7 Å². The van der Waals surface area contributed by atoms with Crippen molar-refractivity contribution in [2.75, 3.05) is 44.7 Å². The van der Waals surface area contributed by atoms with E-state index in [1.165, 1.54) is 12.1 Å². The number of urea groups is 1. The number of H-pyrrole nitrogens is 1. The highest BCUT2D eigenvalue weighted by Crippen LogP contribution is 2.35. The first-order valence-electron chi connectivity index (χ1n) is 11.8. The number of carbonyl (C=O) groups excluding carboxylic acids is 1. The van der Waals surface area contributed by atoms with Crippen molar-refractivity contribution in [3.05, 3.63) is 51.8 Å². The van der Waals surface area contributed by atoms with E-state index in [-0.39, 0.29) is 11.1 Å². The van der Waals surface area contributed by atoms with Crippen molar-refractivity contribution in [2.45, 2.75) is 19.2 Å². The van der Waals surface area contributed by atoms with E-state index in [1.54, 1.807) is 25.1 Å². The summed E-state index contributed by atoms with van der Waals surface area (Å²) in [5.74, 6) is -2.49. The van der Waals surface area contributed by atoms with Gasteiger partial charge in [-0.3, -0.25) is 10.2 Å². The van der Waals surface area contributed by atoms with Gasteiger partial charge in [-0.2, -0.15) is 13.2 Å². The fourth-order valence-corrected chi connectivity index (χ4v) is 4.28. The summed E-state index contributed by atoms with van der Waals surface area (Å²) in [6.07, 6.45) is -5.67. The molecule has 0 bridgehead atoms. The van der Waals surface area contributed by atoms with Crippen LogP contribution in [0.5, 0.6) is 5.75 Å². The van der Waals surface area contributed by atoms with Gasteiger partial charge in [-0.15, -0.1) is 0 Å². The van der Waals surface area contributed by atoms with Crippen LogP contribution in [0.2, 0.25) is 10.0 Å². The van der Waals surface area contributed by atoms with Crippen LogP contribution < -0.4 is 15.4 Å². The van der Waals surface area contributed by atoms with E-state index in [2.05, 4.69) is 25.5 Å². The van der Waals surface area contributed by atoms with Gasteiger partial charge in [-0.1, -0.05) is 23.2 Å². The Bertz CT molecular complexity index is 1330. The number of alkyl halides is 3. The Labute approximate surface area is 235 Å². The molecule has 0 saturated carbocycles. The highest BCUT2D eigenvalue weighted by atomic mass is 35.5. The largest absolute Gasteiger partial charge is 0.490 e. The lowest BCUT2D eigenvalue weighted by atomic mass is 10.1. The summed E-state index contributed by atoms with van der Waals surface area (Å²) in [7, 11) is 0. The van der Waals surface area contributed by atoms with Crippen LogP contribution in [0.15, 0.2) is 30.3 Å². The number of amides is 2. The van der Waals surface area contributed by atoms with Gasteiger partial charge in [-0.05, 0) is 31.2 Å². The zero-order valence-electron chi connectivity index (χ0n) is 20.9. The zero-order chi connectivity index (χ0) is 29.4. The SMILES string of the molecule is CC(Oc1ccc2nc(NC(=O)NCCN3CCOCC3)[nH]c2c1)c1c(Cl)ccc(F)c1Cl.O=C(O)C(F)(F)F. The number of hydrogen-bond acceptors (Lipinski definition) is 6. The third kappa shape index (κ3) is 8.84. The number of carbonyl (C=O) groups is 2. The van der Waals surface area contributed by atoms with Crippen LogP contribution in [0.1, 0.15) is 18.6 Å². The maximum Gasteiger partial charge on any atom is 0.490 e. The fourth-order valence-electron chi connectivity index (χ4n) is 3.60. The first kappa shape index (κ1) is 31.2. The molecule has 40 heavy (non-hydrogen) atoms. The highest BCUT2D eigenvalue weighted by molar-refractivity contribution is 6.36. The molecule has 1 saturated heterocycles. The summed E-state index contributed by atoms with van der Waals surface area (Å²) in [6.45, 7) is 6.19. The third-order valence-electron chi connectivity index (χ3n) is 5.54. The molecule has 1 fully saturated rings. The Hall–Kier alpha value is -3.33. The molecular weight excluding hydrogens is 585 g/mol. The van der Waals surface area contributed by atoms with Crippen LogP contribution in [0.3, 0.4) is 0 Å². The van der Waals surface area contributed by atoms with Gasteiger partial charge in [0.25, 0.3) is 0 Å². The molecule has 0 spiro atoms. The van der Waals surface area contributed by atoms with E-state index >= 15 is 0 Å². The second kappa shape index (κ2) is 13.8. The number of fused-ring (bicyclic) bond motifs is 1. The summed E-state index contributed by atoms with van der Waals surface area (Å²) in [5, 5.41) is 12.9. The molecule has 2 amide bonds. The molecule has 1 unspecified atom stereocenters. The van der Waals surface area contributed by atoms with E-state index in [0.717, 1.165) is 32.8 Å². The number of benzene rings is 2. The van der Waals surface area contributed by atoms with Crippen molar-refractivity contribution in [1.29, 1.82) is 0 Å². The lowest BCUT2D eigenvalue weighted by molar-refractivity contribution is -0.192. The number of rotatable bonds is 7. The van der Waals surface area contributed by atoms with Crippen LogP contribution >= 0.6 is 23.2 Å². The summed E-state index contributed by atoms with van der Waals surface area (Å²) < 4.78 is 56.8. The maximum absolute atomic E-state index is 13.8. The first-order chi connectivity index (χ1) is 18.8. The topological polar surface area (TPSA) is 129 Å². The fraction of sp³-hybridized carbons (Fsp3) is 0.375. The van der Waals surface area contributed by atoms with E-state index < -0.39 is 24.1 Å². The van der Waals surface area contributed by atoms with Gasteiger partial charge in [-0.25, -0.2) is 19.0 Å². The second-order valence-electron chi connectivity index (χ2n) is 8.42. The number of hydrogen-bond donors (Lipinski definition) is 4. The van der Waals surface area contributed by atoms with Crippen LogP contribution in [0.4, 0.5) is 28.3 Å². The Morgan fingerprint density at radius 2 is 1.90 bits per heavy atom.